The van der Waals surface area contributed by atoms with E-state index in [-0.39, 0.29) is 5.56 Å². The second kappa shape index (κ2) is 5.91. The van der Waals surface area contributed by atoms with Gasteiger partial charge in [-0.1, -0.05) is 17.7 Å². The molecule has 6 heteroatoms. The fourth-order valence-electron chi connectivity index (χ4n) is 1.41. The van der Waals surface area contributed by atoms with Gasteiger partial charge in [0.2, 0.25) is 0 Å². The Hall–Kier alpha value is -0.780. The van der Waals surface area contributed by atoms with Crippen LogP contribution in [0.25, 0.3) is 0 Å². The summed E-state index contributed by atoms with van der Waals surface area (Å²) < 4.78 is 0.485. The quantitative estimate of drug-likeness (QED) is 0.861. The third-order valence-corrected chi connectivity index (χ3v) is 4.42. The molecule has 0 saturated heterocycles. The van der Waals surface area contributed by atoms with Gasteiger partial charge in [-0.05, 0) is 41.1 Å². The van der Waals surface area contributed by atoms with Gasteiger partial charge in [0.15, 0.2) is 0 Å². The molecular weight excluding hydrogens is 336 g/mol. The van der Waals surface area contributed by atoms with Gasteiger partial charge in [-0.2, -0.15) is 0 Å². The van der Waals surface area contributed by atoms with E-state index in [0.717, 1.165) is 4.90 Å². The maximum Gasteiger partial charge on any atom is 0.265 e. The lowest BCUT2D eigenvalue weighted by molar-refractivity contribution is 0.954. The lowest BCUT2D eigenvalue weighted by Crippen LogP contribution is -2.13. The summed E-state index contributed by atoms with van der Waals surface area (Å²) >= 11 is 10.7. The van der Waals surface area contributed by atoms with Crippen LogP contribution in [0.1, 0.15) is 11.5 Å². The molecule has 1 heterocycles. The zero-order chi connectivity index (χ0) is 13.1. The molecule has 0 radical (unpaired) electrons. The molecule has 0 amide bonds. The molecule has 0 bridgehead atoms. The molecule has 3 nitrogen and oxygen atoms in total. The Bertz CT molecular complexity index is 630. The first-order valence-electron chi connectivity index (χ1n) is 5.20. The van der Waals surface area contributed by atoms with Gasteiger partial charge in [0, 0.05) is 9.92 Å². The Labute approximate surface area is 122 Å². The molecule has 2 rings (SSSR count). The van der Waals surface area contributed by atoms with Gasteiger partial charge in [0.05, 0.1) is 11.4 Å². The zero-order valence-corrected chi connectivity index (χ0v) is 12.7. The van der Waals surface area contributed by atoms with Crippen molar-refractivity contribution >= 4 is 39.3 Å². The van der Waals surface area contributed by atoms with E-state index < -0.39 is 0 Å². The number of hydrogen-bond donors (Lipinski definition) is 1. The van der Waals surface area contributed by atoms with Crippen molar-refractivity contribution in [1.29, 1.82) is 0 Å². The van der Waals surface area contributed by atoms with Crippen LogP contribution >= 0.6 is 39.3 Å². The lowest BCUT2D eigenvalue weighted by Gasteiger charge is -2.04. The van der Waals surface area contributed by atoms with Crippen molar-refractivity contribution in [3.05, 3.63) is 55.6 Å². The third kappa shape index (κ3) is 3.37. The highest BCUT2D eigenvalue weighted by atomic mass is 79.9. The molecule has 1 aromatic heterocycles. The Morgan fingerprint density at radius 3 is 2.94 bits per heavy atom. The highest BCUT2D eigenvalue weighted by Gasteiger charge is 2.05. The Balaban J connectivity index is 2.14. The number of benzene rings is 1. The molecule has 1 aromatic carbocycles. The van der Waals surface area contributed by atoms with Crippen LogP contribution in [-0.4, -0.2) is 9.97 Å². The van der Waals surface area contributed by atoms with Crippen molar-refractivity contribution < 1.29 is 0 Å². The molecule has 2 aromatic rings. The number of nitrogens with zero attached hydrogens (tertiary/aromatic N) is 1. The summed E-state index contributed by atoms with van der Waals surface area (Å²) in [5.41, 5.74) is 0.546. The highest BCUT2D eigenvalue weighted by Crippen LogP contribution is 2.24. The summed E-state index contributed by atoms with van der Waals surface area (Å²) in [6.45, 7) is 1.80. The van der Waals surface area contributed by atoms with Crippen molar-refractivity contribution in [2.45, 2.75) is 17.6 Å². The topological polar surface area (TPSA) is 45.8 Å². The van der Waals surface area contributed by atoms with E-state index in [4.69, 9.17) is 11.6 Å². The van der Waals surface area contributed by atoms with Crippen molar-refractivity contribution in [3.63, 3.8) is 0 Å². The number of aromatic nitrogens is 2. The van der Waals surface area contributed by atoms with E-state index in [1.807, 2.05) is 24.3 Å². The van der Waals surface area contributed by atoms with Gasteiger partial charge in [0.25, 0.3) is 5.56 Å². The number of thioether (sulfide) groups is 1. The number of aryl methyl sites for hydroxylation is 1. The maximum absolute atomic E-state index is 11.6. The summed E-state index contributed by atoms with van der Waals surface area (Å²) in [5.74, 6) is 1.26. The van der Waals surface area contributed by atoms with Crippen molar-refractivity contribution in [2.75, 3.05) is 0 Å². The van der Waals surface area contributed by atoms with Gasteiger partial charge in [-0.15, -0.1) is 11.8 Å². The Morgan fingerprint density at radius 1 is 1.50 bits per heavy atom. The van der Waals surface area contributed by atoms with Crippen LogP contribution in [0, 0.1) is 6.92 Å². The molecular formula is C12H10BrClN2OS. The largest absolute Gasteiger partial charge is 0.309 e. The standard InChI is InChI=1S/C12H10BrClN2OS/c1-7-11(13)12(17)16-10(15-7)6-18-9-4-2-3-8(14)5-9/h2-5H,6H2,1H3,(H,15,16,17). The van der Waals surface area contributed by atoms with Crippen molar-refractivity contribution in [1.82, 2.24) is 9.97 Å². The normalized spacial score (nSPS) is 10.6. The Kier molecular flexibility index (Phi) is 4.48. The minimum atomic E-state index is -0.149. The summed E-state index contributed by atoms with van der Waals surface area (Å²) in [7, 11) is 0. The number of aromatic amines is 1. The van der Waals surface area contributed by atoms with E-state index in [9.17, 15) is 4.79 Å². The monoisotopic (exact) mass is 344 g/mol. The van der Waals surface area contributed by atoms with Crippen molar-refractivity contribution in [2.24, 2.45) is 0 Å². The first kappa shape index (κ1) is 13.6. The molecule has 0 aliphatic heterocycles. The minimum absolute atomic E-state index is 0.149. The lowest BCUT2D eigenvalue weighted by atomic mass is 10.4. The summed E-state index contributed by atoms with van der Waals surface area (Å²) in [4.78, 5) is 19.6. The average Bonchev–Trinajstić information content (AvgIpc) is 2.33. The van der Waals surface area contributed by atoms with Gasteiger partial charge in [0.1, 0.15) is 10.3 Å². The van der Waals surface area contributed by atoms with Gasteiger partial charge in [-0.3, -0.25) is 4.79 Å². The van der Waals surface area contributed by atoms with E-state index in [1.54, 1.807) is 18.7 Å². The van der Waals surface area contributed by atoms with Crippen LogP contribution in [0.2, 0.25) is 5.02 Å². The van der Waals surface area contributed by atoms with Crippen LogP contribution in [0.5, 0.6) is 0 Å². The fraction of sp³-hybridized carbons (Fsp3) is 0.167. The number of halogens is 2. The number of hydrogen-bond acceptors (Lipinski definition) is 3. The minimum Gasteiger partial charge on any atom is -0.309 e. The van der Waals surface area contributed by atoms with E-state index in [0.29, 0.717) is 26.8 Å². The first-order valence-corrected chi connectivity index (χ1v) is 7.35. The summed E-state index contributed by atoms with van der Waals surface area (Å²) in [5, 5.41) is 0.702. The van der Waals surface area contributed by atoms with Gasteiger partial charge < -0.3 is 4.98 Å². The van der Waals surface area contributed by atoms with Crippen molar-refractivity contribution in [3.8, 4) is 0 Å². The molecule has 0 aliphatic carbocycles. The summed E-state index contributed by atoms with van der Waals surface area (Å²) in [6.07, 6.45) is 0. The third-order valence-electron chi connectivity index (χ3n) is 2.25. The van der Waals surface area contributed by atoms with E-state index >= 15 is 0 Å². The molecule has 18 heavy (non-hydrogen) atoms. The molecule has 1 N–H and O–H groups in total. The number of rotatable bonds is 3. The molecule has 0 atom stereocenters. The van der Waals surface area contributed by atoms with Gasteiger partial charge in [-0.25, -0.2) is 4.98 Å². The smallest absolute Gasteiger partial charge is 0.265 e. The molecule has 0 spiro atoms. The molecule has 0 fully saturated rings. The SMILES string of the molecule is Cc1nc(CSc2cccc(Cl)c2)[nH]c(=O)c1Br. The van der Waals surface area contributed by atoms with Crippen LogP contribution in [0.3, 0.4) is 0 Å². The maximum atomic E-state index is 11.6. The van der Waals surface area contributed by atoms with Gasteiger partial charge >= 0.3 is 0 Å². The fourth-order valence-corrected chi connectivity index (χ4v) is 2.67. The first-order chi connectivity index (χ1) is 8.56. The van der Waals surface area contributed by atoms with E-state index in [1.165, 1.54) is 0 Å². The second-order valence-electron chi connectivity index (χ2n) is 3.66. The van der Waals surface area contributed by atoms with Crippen LogP contribution in [0.15, 0.2) is 38.4 Å². The molecule has 0 unspecified atom stereocenters. The van der Waals surface area contributed by atoms with E-state index in [2.05, 4.69) is 25.9 Å². The van der Waals surface area contributed by atoms with Crippen LogP contribution < -0.4 is 5.56 Å². The molecule has 0 saturated carbocycles. The Morgan fingerprint density at radius 2 is 2.28 bits per heavy atom. The highest BCUT2D eigenvalue weighted by molar-refractivity contribution is 9.10. The average molecular weight is 346 g/mol. The number of nitrogens with one attached hydrogen (secondary N) is 1. The second-order valence-corrected chi connectivity index (χ2v) is 5.94. The predicted molar refractivity (Wildman–Crippen MR) is 78.3 cm³/mol. The molecule has 0 aliphatic rings. The number of H-pyrrole nitrogens is 1. The van der Waals surface area contributed by atoms with Crippen LogP contribution in [0.4, 0.5) is 0 Å². The molecule has 94 valence electrons. The predicted octanol–water partition coefficient (Wildman–Crippen LogP) is 3.79. The van der Waals surface area contributed by atoms with Crippen LogP contribution in [-0.2, 0) is 5.75 Å². The zero-order valence-electron chi connectivity index (χ0n) is 9.54. The summed E-state index contributed by atoms with van der Waals surface area (Å²) in [6, 6.07) is 7.58.